The lowest BCUT2D eigenvalue weighted by Crippen LogP contribution is -2.29. The quantitative estimate of drug-likeness (QED) is 0.737. The zero-order valence-electron chi connectivity index (χ0n) is 11.0. The van der Waals surface area contributed by atoms with Gasteiger partial charge in [0.1, 0.15) is 0 Å². The number of hydrogen-bond donors (Lipinski definition) is 3. The second-order valence-electron chi connectivity index (χ2n) is 4.89. The van der Waals surface area contributed by atoms with E-state index in [1.54, 1.807) is 0 Å². The van der Waals surface area contributed by atoms with Gasteiger partial charge in [0.25, 0.3) is 0 Å². The van der Waals surface area contributed by atoms with E-state index in [2.05, 4.69) is 23.6 Å². The summed E-state index contributed by atoms with van der Waals surface area (Å²) in [6.07, 6.45) is 1.51. The van der Waals surface area contributed by atoms with Gasteiger partial charge in [-0.3, -0.25) is 4.79 Å². The van der Waals surface area contributed by atoms with Crippen LogP contribution in [0.1, 0.15) is 30.5 Å². The number of rotatable bonds is 5. The molecule has 0 bridgehead atoms. The molecule has 1 aliphatic rings. The van der Waals surface area contributed by atoms with Gasteiger partial charge in [-0.15, -0.1) is 0 Å². The van der Waals surface area contributed by atoms with Crippen molar-refractivity contribution in [2.45, 2.75) is 25.8 Å². The lowest BCUT2D eigenvalue weighted by atomic mass is 9.90. The SMILES string of the molecule is CCC(CNC)C(N)c1ccc2c(c1)CC(=O)N2. The summed E-state index contributed by atoms with van der Waals surface area (Å²) in [5, 5.41) is 6.02. The van der Waals surface area contributed by atoms with Gasteiger partial charge in [0.2, 0.25) is 5.91 Å². The van der Waals surface area contributed by atoms with Crippen molar-refractivity contribution in [3.63, 3.8) is 0 Å². The van der Waals surface area contributed by atoms with Crippen LogP contribution in [-0.2, 0) is 11.2 Å². The lowest BCUT2D eigenvalue weighted by Gasteiger charge is -2.23. The molecule has 1 aromatic rings. The molecule has 1 aliphatic heterocycles. The third kappa shape index (κ3) is 2.54. The molecule has 1 amide bonds. The molecule has 0 spiro atoms. The highest BCUT2D eigenvalue weighted by Gasteiger charge is 2.21. The molecule has 0 aromatic heterocycles. The molecule has 0 saturated heterocycles. The van der Waals surface area contributed by atoms with Crippen LogP contribution in [0, 0.1) is 5.92 Å². The van der Waals surface area contributed by atoms with E-state index in [-0.39, 0.29) is 11.9 Å². The molecule has 1 aromatic carbocycles. The molecule has 98 valence electrons. The van der Waals surface area contributed by atoms with Crippen LogP contribution in [0.4, 0.5) is 5.69 Å². The van der Waals surface area contributed by atoms with Crippen molar-refractivity contribution in [1.29, 1.82) is 0 Å². The molecule has 2 atom stereocenters. The number of nitrogens with one attached hydrogen (secondary N) is 2. The number of benzene rings is 1. The summed E-state index contributed by atoms with van der Waals surface area (Å²) >= 11 is 0. The van der Waals surface area contributed by atoms with E-state index >= 15 is 0 Å². The van der Waals surface area contributed by atoms with Crippen molar-refractivity contribution in [2.75, 3.05) is 18.9 Å². The van der Waals surface area contributed by atoms with Crippen molar-refractivity contribution in [3.05, 3.63) is 29.3 Å². The summed E-state index contributed by atoms with van der Waals surface area (Å²) in [5.41, 5.74) is 9.43. The number of fused-ring (bicyclic) bond motifs is 1. The molecular formula is C14H21N3O. The largest absolute Gasteiger partial charge is 0.326 e. The monoisotopic (exact) mass is 247 g/mol. The first-order chi connectivity index (χ1) is 8.65. The number of nitrogens with two attached hydrogens (primary N) is 1. The highest BCUT2D eigenvalue weighted by molar-refractivity contribution is 5.99. The van der Waals surface area contributed by atoms with E-state index in [1.165, 1.54) is 0 Å². The maximum atomic E-state index is 11.3. The molecule has 0 aliphatic carbocycles. The predicted molar refractivity (Wildman–Crippen MR) is 73.4 cm³/mol. The summed E-state index contributed by atoms with van der Waals surface area (Å²) in [4.78, 5) is 11.3. The molecule has 1 heterocycles. The third-order valence-electron chi connectivity index (χ3n) is 3.64. The molecule has 4 heteroatoms. The second-order valence-corrected chi connectivity index (χ2v) is 4.89. The average molecular weight is 247 g/mol. The van der Waals surface area contributed by atoms with Crippen LogP contribution in [0.2, 0.25) is 0 Å². The Morgan fingerprint density at radius 3 is 2.94 bits per heavy atom. The Hall–Kier alpha value is -1.39. The number of carbonyl (C=O) groups excluding carboxylic acids is 1. The number of hydrogen-bond acceptors (Lipinski definition) is 3. The summed E-state index contributed by atoms with van der Waals surface area (Å²) in [7, 11) is 1.95. The van der Waals surface area contributed by atoms with Crippen LogP contribution in [0.15, 0.2) is 18.2 Å². The van der Waals surface area contributed by atoms with Crippen LogP contribution in [0.25, 0.3) is 0 Å². The predicted octanol–water partition coefficient (Wildman–Crippen LogP) is 1.43. The topological polar surface area (TPSA) is 67.1 Å². The summed E-state index contributed by atoms with van der Waals surface area (Å²) in [6.45, 7) is 3.06. The van der Waals surface area contributed by atoms with Gasteiger partial charge in [-0.2, -0.15) is 0 Å². The molecule has 4 N–H and O–H groups in total. The van der Waals surface area contributed by atoms with E-state index in [0.29, 0.717) is 12.3 Å². The van der Waals surface area contributed by atoms with E-state index < -0.39 is 0 Å². The Morgan fingerprint density at radius 1 is 1.50 bits per heavy atom. The maximum absolute atomic E-state index is 11.3. The highest BCUT2D eigenvalue weighted by atomic mass is 16.1. The average Bonchev–Trinajstić information content (AvgIpc) is 2.74. The van der Waals surface area contributed by atoms with Crippen LogP contribution < -0.4 is 16.4 Å². The fraction of sp³-hybridized carbons (Fsp3) is 0.500. The van der Waals surface area contributed by atoms with E-state index in [4.69, 9.17) is 5.73 Å². The van der Waals surface area contributed by atoms with Crippen molar-refractivity contribution >= 4 is 11.6 Å². The Morgan fingerprint density at radius 2 is 2.28 bits per heavy atom. The molecule has 4 nitrogen and oxygen atoms in total. The summed E-state index contributed by atoms with van der Waals surface area (Å²) < 4.78 is 0. The molecule has 0 radical (unpaired) electrons. The van der Waals surface area contributed by atoms with Gasteiger partial charge in [0.15, 0.2) is 0 Å². The Kier molecular flexibility index (Phi) is 3.99. The minimum Gasteiger partial charge on any atom is -0.326 e. The van der Waals surface area contributed by atoms with Gasteiger partial charge in [0.05, 0.1) is 6.42 Å². The molecule has 0 fully saturated rings. The van der Waals surface area contributed by atoms with E-state index in [9.17, 15) is 4.79 Å². The smallest absolute Gasteiger partial charge is 0.228 e. The molecule has 18 heavy (non-hydrogen) atoms. The van der Waals surface area contributed by atoms with Crippen LogP contribution in [0.3, 0.4) is 0 Å². The summed E-state index contributed by atoms with van der Waals surface area (Å²) in [6, 6.07) is 6.06. The van der Waals surface area contributed by atoms with Crippen LogP contribution in [-0.4, -0.2) is 19.5 Å². The molecular weight excluding hydrogens is 226 g/mol. The Labute approximate surface area is 108 Å². The highest BCUT2D eigenvalue weighted by Crippen LogP contribution is 2.29. The first kappa shape index (κ1) is 13.1. The third-order valence-corrected chi connectivity index (χ3v) is 3.64. The second kappa shape index (κ2) is 5.50. The van der Waals surface area contributed by atoms with Gasteiger partial charge < -0.3 is 16.4 Å². The maximum Gasteiger partial charge on any atom is 0.228 e. The van der Waals surface area contributed by atoms with Crippen molar-refractivity contribution in [3.8, 4) is 0 Å². The number of carbonyl (C=O) groups is 1. The first-order valence-electron chi connectivity index (χ1n) is 6.48. The van der Waals surface area contributed by atoms with Crippen molar-refractivity contribution < 1.29 is 4.79 Å². The zero-order chi connectivity index (χ0) is 13.1. The van der Waals surface area contributed by atoms with Crippen LogP contribution >= 0.6 is 0 Å². The van der Waals surface area contributed by atoms with Crippen molar-refractivity contribution in [1.82, 2.24) is 5.32 Å². The number of amides is 1. The van der Waals surface area contributed by atoms with Gasteiger partial charge >= 0.3 is 0 Å². The number of anilines is 1. The Balaban J connectivity index is 2.19. The molecule has 2 rings (SSSR count). The zero-order valence-corrected chi connectivity index (χ0v) is 11.0. The van der Waals surface area contributed by atoms with E-state index in [1.807, 2.05) is 19.2 Å². The van der Waals surface area contributed by atoms with Crippen molar-refractivity contribution in [2.24, 2.45) is 11.7 Å². The summed E-state index contributed by atoms with van der Waals surface area (Å²) in [5.74, 6) is 0.483. The fourth-order valence-corrected chi connectivity index (χ4v) is 2.52. The van der Waals surface area contributed by atoms with Crippen LogP contribution in [0.5, 0.6) is 0 Å². The minimum atomic E-state index is 0.0171. The lowest BCUT2D eigenvalue weighted by molar-refractivity contribution is -0.115. The standard InChI is InChI=1S/C14H21N3O/c1-3-9(8-16-2)14(15)10-4-5-12-11(6-10)7-13(18)17-12/h4-6,9,14,16H,3,7-8,15H2,1-2H3,(H,17,18). The van der Waals surface area contributed by atoms with Gasteiger partial charge in [-0.25, -0.2) is 0 Å². The fourth-order valence-electron chi connectivity index (χ4n) is 2.52. The minimum absolute atomic E-state index is 0.0171. The van der Waals surface area contributed by atoms with Gasteiger partial charge in [0, 0.05) is 11.7 Å². The Bertz CT molecular complexity index is 445. The first-order valence-corrected chi connectivity index (χ1v) is 6.48. The van der Waals surface area contributed by atoms with E-state index in [0.717, 1.165) is 29.8 Å². The normalized spacial score (nSPS) is 17.2. The van der Waals surface area contributed by atoms with Gasteiger partial charge in [-0.1, -0.05) is 25.5 Å². The van der Waals surface area contributed by atoms with Gasteiger partial charge in [-0.05, 0) is 36.7 Å². The molecule has 2 unspecified atom stereocenters. The molecule has 0 saturated carbocycles.